The summed E-state index contributed by atoms with van der Waals surface area (Å²) in [5.74, 6) is -0.939. The van der Waals surface area contributed by atoms with Gasteiger partial charge in [-0.25, -0.2) is 9.18 Å². The summed E-state index contributed by atoms with van der Waals surface area (Å²) in [7, 11) is 0. The van der Waals surface area contributed by atoms with Crippen molar-refractivity contribution in [3.8, 4) is 0 Å². The Hall–Kier alpha value is -2.27. The van der Waals surface area contributed by atoms with E-state index in [1.165, 1.54) is 18.2 Å². The number of nitrogens with one attached hydrogen (secondary N) is 1. The minimum Gasteiger partial charge on any atom is -0.462 e. The number of hydrogen-bond acceptors (Lipinski definition) is 4. The number of nitrogen functional groups attached to an aromatic ring is 1. The van der Waals surface area contributed by atoms with Gasteiger partial charge in [0.25, 0.3) is 0 Å². The quantitative estimate of drug-likeness (QED) is 0.662. The van der Waals surface area contributed by atoms with Crippen molar-refractivity contribution in [1.29, 1.82) is 0 Å². The Labute approximate surface area is 126 Å². The standard InChI is InChI=1S/C15H14ClFN2O2/c1-2-21-15(20)10-4-3-5-12(14(10)18)19-13-8-9(17)6-7-11(13)16/h3-8,19H,2,18H2,1H3. The highest BCUT2D eigenvalue weighted by atomic mass is 35.5. The number of carbonyl (C=O) groups excluding carboxylic acids is 1. The van der Waals surface area contributed by atoms with E-state index in [2.05, 4.69) is 5.32 Å². The topological polar surface area (TPSA) is 64.3 Å². The first kappa shape index (κ1) is 15.1. The zero-order chi connectivity index (χ0) is 15.4. The average Bonchev–Trinajstić information content (AvgIpc) is 2.45. The molecule has 2 rings (SSSR count). The van der Waals surface area contributed by atoms with Crippen molar-refractivity contribution in [3.05, 3.63) is 52.8 Å². The summed E-state index contributed by atoms with van der Waals surface area (Å²) in [5, 5.41) is 3.26. The molecule has 21 heavy (non-hydrogen) atoms. The number of hydrogen-bond donors (Lipinski definition) is 2. The number of carbonyl (C=O) groups is 1. The second-order valence-electron chi connectivity index (χ2n) is 4.24. The Morgan fingerprint density at radius 3 is 2.81 bits per heavy atom. The van der Waals surface area contributed by atoms with E-state index >= 15 is 0 Å². The molecule has 0 bridgehead atoms. The molecule has 0 atom stereocenters. The Morgan fingerprint density at radius 2 is 2.10 bits per heavy atom. The van der Waals surface area contributed by atoms with E-state index in [-0.39, 0.29) is 17.9 Å². The van der Waals surface area contributed by atoms with Crippen LogP contribution in [0.25, 0.3) is 0 Å². The second kappa shape index (κ2) is 6.45. The van der Waals surface area contributed by atoms with Crippen LogP contribution in [0, 0.1) is 5.82 Å². The van der Waals surface area contributed by atoms with Crippen LogP contribution in [0.5, 0.6) is 0 Å². The molecular weight excluding hydrogens is 295 g/mol. The third-order valence-corrected chi connectivity index (χ3v) is 3.13. The maximum Gasteiger partial charge on any atom is 0.340 e. The van der Waals surface area contributed by atoms with Gasteiger partial charge in [-0.05, 0) is 37.3 Å². The molecule has 0 aliphatic carbocycles. The van der Waals surface area contributed by atoms with Crippen LogP contribution in [0.2, 0.25) is 5.02 Å². The molecule has 0 radical (unpaired) electrons. The molecule has 0 saturated carbocycles. The summed E-state index contributed by atoms with van der Waals surface area (Å²) in [4.78, 5) is 11.8. The Morgan fingerprint density at radius 1 is 1.33 bits per heavy atom. The lowest BCUT2D eigenvalue weighted by Gasteiger charge is -2.13. The highest BCUT2D eigenvalue weighted by molar-refractivity contribution is 6.33. The highest BCUT2D eigenvalue weighted by Gasteiger charge is 2.14. The van der Waals surface area contributed by atoms with Crippen molar-refractivity contribution in [3.63, 3.8) is 0 Å². The summed E-state index contributed by atoms with van der Waals surface area (Å²) >= 11 is 5.99. The largest absolute Gasteiger partial charge is 0.462 e. The van der Waals surface area contributed by atoms with Crippen LogP contribution in [0.15, 0.2) is 36.4 Å². The molecule has 0 aromatic heterocycles. The van der Waals surface area contributed by atoms with Crippen LogP contribution in [0.4, 0.5) is 21.5 Å². The van der Waals surface area contributed by atoms with E-state index in [1.807, 2.05) is 0 Å². The van der Waals surface area contributed by atoms with Gasteiger partial charge in [-0.3, -0.25) is 0 Å². The van der Waals surface area contributed by atoms with E-state index < -0.39 is 11.8 Å². The van der Waals surface area contributed by atoms with Crippen LogP contribution in [0.3, 0.4) is 0 Å². The Balaban J connectivity index is 2.35. The predicted molar refractivity (Wildman–Crippen MR) is 81.5 cm³/mol. The molecule has 0 unspecified atom stereocenters. The van der Waals surface area contributed by atoms with Gasteiger partial charge in [0.15, 0.2) is 0 Å². The van der Waals surface area contributed by atoms with Crippen LogP contribution < -0.4 is 11.1 Å². The smallest absolute Gasteiger partial charge is 0.340 e. The lowest BCUT2D eigenvalue weighted by molar-refractivity contribution is 0.0527. The number of para-hydroxylation sites is 1. The summed E-state index contributed by atoms with van der Waals surface area (Å²) in [6.07, 6.45) is 0. The van der Waals surface area contributed by atoms with Crippen molar-refractivity contribution in [1.82, 2.24) is 0 Å². The van der Waals surface area contributed by atoms with Gasteiger partial charge in [0.2, 0.25) is 0 Å². The summed E-state index contributed by atoms with van der Waals surface area (Å²) in [6.45, 7) is 1.97. The van der Waals surface area contributed by atoms with Gasteiger partial charge in [-0.15, -0.1) is 0 Å². The number of halogens is 2. The molecule has 3 N–H and O–H groups in total. The van der Waals surface area contributed by atoms with E-state index in [0.717, 1.165) is 0 Å². The Kier molecular flexibility index (Phi) is 4.65. The zero-order valence-corrected chi connectivity index (χ0v) is 12.1. The maximum absolute atomic E-state index is 13.3. The van der Waals surface area contributed by atoms with Crippen LogP contribution in [-0.4, -0.2) is 12.6 Å². The van der Waals surface area contributed by atoms with Crippen molar-refractivity contribution in [2.45, 2.75) is 6.92 Å². The molecule has 110 valence electrons. The third kappa shape index (κ3) is 3.44. The monoisotopic (exact) mass is 308 g/mol. The van der Waals surface area contributed by atoms with Crippen molar-refractivity contribution in [2.24, 2.45) is 0 Å². The van der Waals surface area contributed by atoms with Crippen LogP contribution in [0.1, 0.15) is 17.3 Å². The van der Waals surface area contributed by atoms with Crippen molar-refractivity contribution in [2.75, 3.05) is 17.7 Å². The number of rotatable bonds is 4. The second-order valence-corrected chi connectivity index (χ2v) is 4.64. The summed E-state index contributed by atoms with van der Waals surface area (Å²) in [6, 6.07) is 8.82. The molecule has 4 nitrogen and oxygen atoms in total. The fourth-order valence-electron chi connectivity index (χ4n) is 1.80. The van der Waals surface area contributed by atoms with Crippen molar-refractivity contribution < 1.29 is 13.9 Å². The minimum absolute atomic E-state index is 0.219. The lowest BCUT2D eigenvalue weighted by Crippen LogP contribution is -2.09. The summed E-state index contributed by atoms with van der Waals surface area (Å²) in [5.41, 5.74) is 7.23. The number of esters is 1. The number of benzene rings is 2. The molecule has 0 aliphatic heterocycles. The maximum atomic E-state index is 13.3. The molecule has 0 amide bonds. The van der Waals surface area contributed by atoms with Gasteiger partial charge in [-0.2, -0.15) is 0 Å². The SMILES string of the molecule is CCOC(=O)c1cccc(Nc2cc(F)ccc2Cl)c1N. The highest BCUT2D eigenvalue weighted by Crippen LogP contribution is 2.30. The average molecular weight is 309 g/mol. The van der Waals surface area contributed by atoms with Gasteiger partial charge in [-0.1, -0.05) is 17.7 Å². The molecular formula is C15H14ClFN2O2. The van der Waals surface area contributed by atoms with Gasteiger partial charge in [0.05, 0.1) is 34.3 Å². The van der Waals surface area contributed by atoms with Gasteiger partial charge in [0.1, 0.15) is 5.82 Å². The molecule has 6 heteroatoms. The normalized spacial score (nSPS) is 10.2. The fourth-order valence-corrected chi connectivity index (χ4v) is 1.96. The molecule has 0 spiro atoms. The molecule has 0 heterocycles. The van der Waals surface area contributed by atoms with Crippen molar-refractivity contribution >= 4 is 34.6 Å². The van der Waals surface area contributed by atoms with Gasteiger partial charge < -0.3 is 15.8 Å². The number of nitrogens with two attached hydrogens (primary N) is 1. The number of ether oxygens (including phenoxy) is 1. The summed E-state index contributed by atoms with van der Waals surface area (Å²) < 4.78 is 18.2. The molecule has 0 saturated heterocycles. The van der Waals surface area contributed by atoms with Crippen LogP contribution in [-0.2, 0) is 4.74 Å². The molecule has 2 aromatic carbocycles. The third-order valence-electron chi connectivity index (χ3n) is 2.80. The first-order chi connectivity index (χ1) is 10.0. The Bertz CT molecular complexity index is 677. The van der Waals surface area contributed by atoms with Gasteiger partial charge in [0, 0.05) is 0 Å². The molecule has 0 fully saturated rings. The zero-order valence-electron chi connectivity index (χ0n) is 11.3. The molecule has 2 aromatic rings. The first-order valence-corrected chi connectivity index (χ1v) is 6.68. The van der Waals surface area contributed by atoms with E-state index in [0.29, 0.717) is 16.4 Å². The molecule has 0 aliphatic rings. The van der Waals surface area contributed by atoms with E-state index in [1.54, 1.807) is 25.1 Å². The predicted octanol–water partition coefficient (Wildman–Crippen LogP) is 3.98. The lowest BCUT2D eigenvalue weighted by atomic mass is 10.1. The van der Waals surface area contributed by atoms with Gasteiger partial charge >= 0.3 is 5.97 Å². The van der Waals surface area contributed by atoms with E-state index in [4.69, 9.17) is 22.1 Å². The number of anilines is 3. The minimum atomic E-state index is -0.510. The fraction of sp³-hybridized carbons (Fsp3) is 0.133. The first-order valence-electron chi connectivity index (χ1n) is 6.30. The van der Waals surface area contributed by atoms with Crippen LogP contribution >= 0.6 is 11.6 Å². The van der Waals surface area contributed by atoms with E-state index in [9.17, 15) is 9.18 Å².